The summed E-state index contributed by atoms with van der Waals surface area (Å²) in [6.45, 7) is 0.392. The highest BCUT2D eigenvalue weighted by molar-refractivity contribution is 6.30. The molecule has 1 aromatic carbocycles. The van der Waals surface area contributed by atoms with Gasteiger partial charge in [0.05, 0.1) is 11.8 Å². The molecular formula is C19H18ClN3O3. The van der Waals surface area contributed by atoms with Crippen LogP contribution in [0.3, 0.4) is 0 Å². The molecule has 2 heterocycles. The molecule has 1 aliphatic carbocycles. The third-order valence-electron chi connectivity index (χ3n) is 4.94. The van der Waals surface area contributed by atoms with Crippen LogP contribution in [0.5, 0.6) is 0 Å². The Morgan fingerprint density at radius 2 is 1.73 bits per heavy atom. The topological polar surface area (TPSA) is 76.3 Å². The number of carbonyl (C=O) groups excluding carboxylic acids is 2. The molecule has 2 atom stereocenters. The van der Waals surface area contributed by atoms with E-state index >= 15 is 0 Å². The Labute approximate surface area is 155 Å². The van der Waals surface area contributed by atoms with Crippen molar-refractivity contribution in [1.29, 1.82) is 0 Å². The molecule has 0 bridgehead atoms. The number of aromatic nitrogens is 2. The minimum absolute atomic E-state index is 0.0447. The first kappa shape index (κ1) is 17.0. The lowest BCUT2D eigenvalue weighted by Gasteiger charge is -2.14. The van der Waals surface area contributed by atoms with E-state index in [1.807, 2.05) is 24.3 Å². The average Bonchev–Trinajstić information content (AvgIpc) is 3.22. The van der Waals surface area contributed by atoms with Crippen LogP contribution in [0.25, 0.3) is 11.4 Å². The number of rotatable bonds is 5. The predicted octanol–water partition coefficient (Wildman–Crippen LogP) is 3.27. The highest BCUT2D eigenvalue weighted by Crippen LogP contribution is 2.35. The van der Waals surface area contributed by atoms with Crippen molar-refractivity contribution in [2.45, 2.75) is 25.7 Å². The molecular weight excluding hydrogens is 354 g/mol. The van der Waals surface area contributed by atoms with Crippen LogP contribution in [0, 0.1) is 11.8 Å². The van der Waals surface area contributed by atoms with Gasteiger partial charge in [-0.05, 0) is 43.5 Å². The second-order valence-electron chi connectivity index (χ2n) is 6.61. The summed E-state index contributed by atoms with van der Waals surface area (Å²) in [5, 5.41) is 4.62. The van der Waals surface area contributed by atoms with Gasteiger partial charge in [0.2, 0.25) is 23.5 Å². The second kappa shape index (κ2) is 7.03. The van der Waals surface area contributed by atoms with Crippen LogP contribution in [-0.4, -0.2) is 33.4 Å². The van der Waals surface area contributed by atoms with Gasteiger partial charge in [-0.3, -0.25) is 14.5 Å². The van der Waals surface area contributed by atoms with Crippen molar-refractivity contribution >= 4 is 23.4 Å². The first-order valence-electron chi connectivity index (χ1n) is 8.72. The van der Waals surface area contributed by atoms with E-state index in [0.29, 0.717) is 49.0 Å². The number of halogens is 1. The van der Waals surface area contributed by atoms with Crippen LogP contribution in [0.2, 0.25) is 5.02 Å². The largest absolute Gasteiger partial charge is 0.339 e. The lowest BCUT2D eigenvalue weighted by molar-refractivity contribution is -0.139. The van der Waals surface area contributed by atoms with E-state index in [4.69, 9.17) is 16.1 Å². The number of likely N-dealkylation sites (tertiary alicyclic amines) is 1. The number of allylic oxidation sites excluding steroid dienone is 2. The van der Waals surface area contributed by atoms with E-state index in [9.17, 15) is 9.59 Å². The number of amides is 2. The molecule has 4 rings (SSSR count). The first-order chi connectivity index (χ1) is 12.6. The molecule has 2 aromatic rings. The highest BCUT2D eigenvalue weighted by Gasteiger charge is 2.46. The van der Waals surface area contributed by atoms with E-state index < -0.39 is 0 Å². The van der Waals surface area contributed by atoms with Crippen LogP contribution in [0.15, 0.2) is 40.9 Å². The third kappa shape index (κ3) is 3.17. The molecule has 1 aliphatic heterocycles. The lowest BCUT2D eigenvalue weighted by atomic mass is 9.85. The molecule has 7 heteroatoms. The van der Waals surface area contributed by atoms with Crippen molar-refractivity contribution in [2.75, 3.05) is 6.54 Å². The molecule has 26 heavy (non-hydrogen) atoms. The predicted molar refractivity (Wildman–Crippen MR) is 95.1 cm³/mol. The Morgan fingerprint density at radius 1 is 1.08 bits per heavy atom. The summed E-state index contributed by atoms with van der Waals surface area (Å²) in [5.41, 5.74) is 0.825. The monoisotopic (exact) mass is 371 g/mol. The fraction of sp³-hybridized carbons (Fsp3) is 0.368. The standard InChI is InChI=1S/C19H18ClN3O3/c20-13-9-7-12(8-10-13)17-21-16(26-22-17)6-3-11-23-18(24)14-4-1-2-5-15(14)19(23)25/h1-2,7-10,14-15H,3-6,11H2/t14-,15+. The Morgan fingerprint density at radius 3 is 2.38 bits per heavy atom. The number of imide groups is 1. The normalized spacial score (nSPS) is 22.1. The quantitative estimate of drug-likeness (QED) is 0.595. The molecule has 1 saturated heterocycles. The van der Waals surface area contributed by atoms with E-state index in [1.54, 1.807) is 12.1 Å². The van der Waals surface area contributed by atoms with Crippen LogP contribution in [-0.2, 0) is 16.0 Å². The lowest BCUT2D eigenvalue weighted by Crippen LogP contribution is -2.32. The molecule has 1 aromatic heterocycles. The van der Waals surface area contributed by atoms with Crippen LogP contribution >= 0.6 is 11.6 Å². The molecule has 0 spiro atoms. The van der Waals surface area contributed by atoms with E-state index in [0.717, 1.165) is 5.56 Å². The number of hydrogen-bond donors (Lipinski definition) is 0. The van der Waals surface area contributed by atoms with E-state index in [2.05, 4.69) is 10.1 Å². The van der Waals surface area contributed by atoms with Gasteiger partial charge in [0.25, 0.3) is 0 Å². The van der Waals surface area contributed by atoms with Crippen LogP contribution in [0.4, 0.5) is 0 Å². The van der Waals surface area contributed by atoms with Crippen molar-refractivity contribution in [3.63, 3.8) is 0 Å². The summed E-state index contributed by atoms with van der Waals surface area (Å²) in [7, 11) is 0. The zero-order valence-electron chi connectivity index (χ0n) is 14.1. The van der Waals surface area contributed by atoms with Crippen molar-refractivity contribution in [3.05, 3.63) is 47.3 Å². The zero-order chi connectivity index (χ0) is 18.1. The van der Waals surface area contributed by atoms with Gasteiger partial charge < -0.3 is 4.52 Å². The van der Waals surface area contributed by atoms with Crippen LogP contribution in [0.1, 0.15) is 25.2 Å². The number of nitrogens with zero attached hydrogens (tertiary/aromatic N) is 3. The van der Waals surface area contributed by atoms with Crippen molar-refractivity contribution in [3.8, 4) is 11.4 Å². The van der Waals surface area contributed by atoms with Gasteiger partial charge in [0.1, 0.15) is 0 Å². The Balaban J connectivity index is 1.35. The first-order valence-corrected chi connectivity index (χ1v) is 9.10. The van der Waals surface area contributed by atoms with Crippen molar-refractivity contribution in [1.82, 2.24) is 15.0 Å². The Hall–Kier alpha value is -2.47. The van der Waals surface area contributed by atoms with Crippen LogP contribution < -0.4 is 0 Å². The number of benzene rings is 1. The summed E-state index contributed by atoms with van der Waals surface area (Å²) in [4.78, 5) is 30.6. The van der Waals surface area contributed by atoms with Gasteiger partial charge in [-0.1, -0.05) is 28.9 Å². The highest BCUT2D eigenvalue weighted by atomic mass is 35.5. The molecule has 2 amide bonds. The molecule has 0 radical (unpaired) electrons. The fourth-order valence-electron chi connectivity index (χ4n) is 3.55. The van der Waals surface area contributed by atoms with Crippen molar-refractivity contribution in [2.24, 2.45) is 11.8 Å². The SMILES string of the molecule is O=C1[C@H]2CC=CC[C@H]2C(=O)N1CCCc1nc(-c2ccc(Cl)cc2)no1. The zero-order valence-corrected chi connectivity index (χ0v) is 14.9. The Bertz CT molecular complexity index is 833. The second-order valence-corrected chi connectivity index (χ2v) is 7.04. The fourth-order valence-corrected chi connectivity index (χ4v) is 3.68. The summed E-state index contributed by atoms with van der Waals surface area (Å²) in [6.07, 6.45) is 6.44. The number of aryl methyl sites for hydroxylation is 1. The Kier molecular flexibility index (Phi) is 4.59. The summed E-state index contributed by atoms with van der Waals surface area (Å²) in [5.74, 6) is 0.559. The molecule has 1 fully saturated rings. The molecule has 6 nitrogen and oxygen atoms in total. The summed E-state index contributed by atoms with van der Waals surface area (Å²) >= 11 is 5.88. The van der Waals surface area contributed by atoms with Gasteiger partial charge in [-0.25, -0.2) is 0 Å². The molecule has 0 saturated carbocycles. The minimum atomic E-state index is -0.174. The minimum Gasteiger partial charge on any atom is -0.339 e. The third-order valence-corrected chi connectivity index (χ3v) is 5.19. The maximum atomic E-state index is 12.4. The van der Waals surface area contributed by atoms with Gasteiger partial charge >= 0.3 is 0 Å². The maximum Gasteiger partial charge on any atom is 0.233 e. The van der Waals surface area contributed by atoms with Gasteiger partial charge in [0, 0.05) is 23.6 Å². The number of carbonyl (C=O) groups is 2. The summed E-state index contributed by atoms with van der Waals surface area (Å²) in [6, 6.07) is 7.19. The molecule has 0 N–H and O–H groups in total. The average molecular weight is 372 g/mol. The number of fused-ring (bicyclic) bond motifs is 1. The van der Waals surface area contributed by atoms with Gasteiger partial charge in [-0.15, -0.1) is 0 Å². The maximum absolute atomic E-state index is 12.4. The summed E-state index contributed by atoms with van der Waals surface area (Å²) < 4.78 is 5.27. The number of hydrogen-bond acceptors (Lipinski definition) is 5. The van der Waals surface area contributed by atoms with E-state index in [-0.39, 0.29) is 23.7 Å². The molecule has 134 valence electrons. The molecule has 2 aliphatic rings. The van der Waals surface area contributed by atoms with Gasteiger partial charge in [0.15, 0.2) is 0 Å². The van der Waals surface area contributed by atoms with Gasteiger partial charge in [-0.2, -0.15) is 4.98 Å². The molecule has 0 unspecified atom stereocenters. The van der Waals surface area contributed by atoms with Crippen molar-refractivity contribution < 1.29 is 14.1 Å². The van der Waals surface area contributed by atoms with E-state index in [1.165, 1.54) is 4.90 Å². The smallest absolute Gasteiger partial charge is 0.233 e.